The molecule has 0 spiro atoms. The summed E-state index contributed by atoms with van der Waals surface area (Å²) in [6.45, 7) is 0. The molecule has 0 saturated carbocycles. The summed E-state index contributed by atoms with van der Waals surface area (Å²) in [5.74, 6) is 0. The van der Waals surface area contributed by atoms with E-state index in [1.165, 1.54) is 11.3 Å². The van der Waals surface area contributed by atoms with E-state index in [4.69, 9.17) is 0 Å². The van der Waals surface area contributed by atoms with Crippen LogP contribution in [0.1, 0.15) is 0 Å². The lowest BCUT2D eigenvalue weighted by atomic mass is 10.3. The van der Waals surface area contributed by atoms with E-state index in [2.05, 4.69) is 4.98 Å². The van der Waals surface area contributed by atoms with Crippen LogP contribution >= 0.6 is 22.7 Å². The maximum Gasteiger partial charge on any atom is 0.306 e. The van der Waals surface area contributed by atoms with Gasteiger partial charge in [0.1, 0.15) is 0 Å². The molecule has 0 aromatic carbocycles. The Morgan fingerprint density at radius 2 is 2.27 bits per heavy atom. The highest BCUT2D eigenvalue weighted by molar-refractivity contribution is 7.21. The number of nitro groups is 1. The fourth-order valence-corrected chi connectivity index (χ4v) is 3.35. The number of pyridine rings is 1. The Morgan fingerprint density at radius 3 is 3.07 bits per heavy atom. The van der Waals surface area contributed by atoms with Crippen LogP contribution in [0.4, 0.5) is 5.69 Å². The molecule has 74 valence electrons. The smallest absolute Gasteiger partial charge is 0.258 e. The van der Waals surface area contributed by atoms with Crippen LogP contribution in [0.2, 0.25) is 0 Å². The fraction of sp³-hybridized carbons (Fsp3) is 0. The lowest BCUT2D eigenvalue weighted by Crippen LogP contribution is -1.86. The Bertz CT molecular complexity index is 671. The molecule has 15 heavy (non-hydrogen) atoms. The minimum atomic E-state index is -0.385. The minimum Gasteiger partial charge on any atom is -0.258 e. The van der Waals surface area contributed by atoms with Gasteiger partial charge >= 0.3 is 5.69 Å². The zero-order valence-electron chi connectivity index (χ0n) is 7.34. The predicted molar refractivity (Wildman–Crippen MR) is 61.7 cm³/mol. The molecule has 6 heteroatoms. The van der Waals surface area contributed by atoms with Gasteiger partial charge in [-0.05, 0) is 11.4 Å². The van der Waals surface area contributed by atoms with Crippen molar-refractivity contribution >= 4 is 48.7 Å². The van der Waals surface area contributed by atoms with Crippen LogP contribution in [0.3, 0.4) is 0 Å². The van der Waals surface area contributed by atoms with E-state index in [-0.39, 0.29) is 10.6 Å². The molecule has 0 aliphatic carbocycles. The summed E-state index contributed by atoms with van der Waals surface area (Å²) in [7, 11) is 0. The Balaban J connectivity index is 2.51. The van der Waals surface area contributed by atoms with Crippen molar-refractivity contribution in [1.29, 1.82) is 0 Å². The number of hydrogen-bond acceptors (Lipinski definition) is 5. The van der Waals surface area contributed by atoms with Crippen LogP contribution in [0, 0.1) is 10.1 Å². The average Bonchev–Trinajstić information content (AvgIpc) is 2.82. The SMILES string of the molecule is O=[N+]([O-])c1csc2c1ncc1sccc12. The first-order valence-corrected chi connectivity index (χ1v) is 5.91. The molecular formula is C9H4N2O2S2. The molecule has 4 nitrogen and oxygen atoms in total. The van der Waals surface area contributed by atoms with Gasteiger partial charge in [-0.3, -0.25) is 10.1 Å². The number of aromatic nitrogens is 1. The van der Waals surface area contributed by atoms with Crippen molar-refractivity contribution in [3.8, 4) is 0 Å². The van der Waals surface area contributed by atoms with Crippen molar-refractivity contribution in [2.75, 3.05) is 0 Å². The zero-order chi connectivity index (χ0) is 10.4. The van der Waals surface area contributed by atoms with Gasteiger partial charge in [0.15, 0.2) is 5.52 Å². The van der Waals surface area contributed by atoms with Crippen LogP contribution < -0.4 is 0 Å². The highest BCUT2D eigenvalue weighted by Crippen LogP contribution is 2.36. The largest absolute Gasteiger partial charge is 0.306 e. The summed E-state index contributed by atoms with van der Waals surface area (Å²) in [6, 6.07) is 1.98. The van der Waals surface area contributed by atoms with Gasteiger partial charge in [-0.1, -0.05) is 0 Å². The number of hydrogen-bond donors (Lipinski definition) is 0. The fourth-order valence-electron chi connectivity index (χ4n) is 1.52. The molecule has 0 radical (unpaired) electrons. The molecule has 0 N–H and O–H groups in total. The quantitative estimate of drug-likeness (QED) is 0.480. The van der Waals surface area contributed by atoms with Gasteiger partial charge in [-0.25, -0.2) is 4.98 Å². The van der Waals surface area contributed by atoms with Crippen molar-refractivity contribution in [2.24, 2.45) is 0 Å². The van der Waals surface area contributed by atoms with Crippen molar-refractivity contribution in [1.82, 2.24) is 4.98 Å². The van der Waals surface area contributed by atoms with Crippen LogP contribution in [0.5, 0.6) is 0 Å². The van der Waals surface area contributed by atoms with Gasteiger partial charge < -0.3 is 0 Å². The van der Waals surface area contributed by atoms with Gasteiger partial charge in [-0.2, -0.15) is 0 Å². The van der Waals surface area contributed by atoms with Crippen molar-refractivity contribution < 1.29 is 4.92 Å². The van der Waals surface area contributed by atoms with E-state index in [0.29, 0.717) is 5.52 Å². The van der Waals surface area contributed by atoms with E-state index < -0.39 is 0 Å². The normalized spacial score (nSPS) is 11.2. The predicted octanol–water partition coefficient (Wildman–Crippen LogP) is 3.42. The molecule has 0 aliphatic heterocycles. The summed E-state index contributed by atoms with van der Waals surface area (Å²) in [4.78, 5) is 14.5. The zero-order valence-corrected chi connectivity index (χ0v) is 8.97. The van der Waals surface area contributed by atoms with E-state index >= 15 is 0 Å². The molecule has 3 rings (SSSR count). The van der Waals surface area contributed by atoms with Crippen molar-refractivity contribution in [2.45, 2.75) is 0 Å². The van der Waals surface area contributed by atoms with E-state index in [9.17, 15) is 10.1 Å². The van der Waals surface area contributed by atoms with Gasteiger partial charge in [0.05, 0.1) is 19.7 Å². The number of thiophene rings is 2. The first-order valence-electron chi connectivity index (χ1n) is 4.15. The maximum absolute atomic E-state index is 10.7. The molecule has 3 aromatic rings. The topological polar surface area (TPSA) is 56.0 Å². The molecule has 0 bridgehead atoms. The number of fused-ring (bicyclic) bond motifs is 3. The molecule has 0 saturated heterocycles. The third-order valence-corrected chi connectivity index (χ3v) is 4.04. The van der Waals surface area contributed by atoms with Crippen LogP contribution in [0.25, 0.3) is 20.3 Å². The second-order valence-electron chi connectivity index (χ2n) is 3.01. The van der Waals surface area contributed by atoms with Crippen molar-refractivity contribution in [3.63, 3.8) is 0 Å². The molecule has 0 fully saturated rings. The average molecular weight is 236 g/mol. The minimum absolute atomic E-state index is 0.100. The van der Waals surface area contributed by atoms with Crippen LogP contribution in [-0.2, 0) is 0 Å². The third-order valence-electron chi connectivity index (χ3n) is 2.19. The third kappa shape index (κ3) is 1.15. The molecule has 0 atom stereocenters. The second-order valence-corrected chi connectivity index (χ2v) is 4.84. The van der Waals surface area contributed by atoms with Gasteiger partial charge in [0.2, 0.25) is 0 Å². The Hall–Kier alpha value is -1.53. The highest BCUT2D eigenvalue weighted by Gasteiger charge is 2.17. The first-order chi connectivity index (χ1) is 7.27. The molecule has 3 heterocycles. The summed E-state index contributed by atoms with van der Waals surface area (Å²) in [5.41, 5.74) is 0.596. The van der Waals surface area contributed by atoms with Gasteiger partial charge in [0, 0.05) is 11.6 Å². The van der Waals surface area contributed by atoms with E-state index in [1.807, 2.05) is 11.4 Å². The Morgan fingerprint density at radius 1 is 1.40 bits per heavy atom. The monoisotopic (exact) mass is 236 g/mol. The maximum atomic E-state index is 10.7. The standard InChI is InChI=1S/C9H4N2O2S2/c12-11(13)6-4-15-9-5-1-2-14-7(5)3-10-8(6)9/h1-4H. The van der Waals surface area contributed by atoms with Crippen molar-refractivity contribution in [3.05, 3.63) is 33.1 Å². The number of rotatable bonds is 1. The highest BCUT2D eigenvalue weighted by atomic mass is 32.1. The van der Waals surface area contributed by atoms with Crippen LogP contribution in [-0.4, -0.2) is 9.91 Å². The summed E-state index contributed by atoms with van der Waals surface area (Å²) < 4.78 is 1.97. The lowest BCUT2D eigenvalue weighted by molar-refractivity contribution is -0.382. The summed E-state index contributed by atoms with van der Waals surface area (Å²) in [6.07, 6.45) is 1.70. The van der Waals surface area contributed by atoms with Gasteiger partial charge in [-0.15, -0.1) is 22.7 Å². The Labute approximate surface area is 91.9 Å². The molecule has 0 amide bonds. The van der Waals surface area contributed by atoms with Crippen LogP contribution in [0.15, 0.2) is 23.0 Å². The molecule has 0 aliphatic rings. The number of nitrogens with zero attached hydrogens (tertiary/aromatic N) is 2. The van der Waals surface area contributed by atoms with E-state index in [0.717, 1.165) is 14.8 Å². The molecule has 0 unspecified atom stereocenters. The summed E-state index contributed by atoms with van der Waals surface area (Å²) >= 11 is 2.97. The first kappa shape index (κ1) is 8.75. The molecule has 3 aromatic heterocycles. The molecular weight excluding hydrogens is 232 g/mol. The van der Waals surface area contributed by atoms with Gasteiger partial charge in [0.25, 0.3) is 0 Å². The van der Waals surface area contributed by atoms with E-state index in [1.54, 1.807) is 22.9 Å². The Kier molecular flexibility index (Phi) is 1.74. The summed E-state index contributed by atoms with van der Waals surface area (Å²) in [5, 5.41) is 15.3. The second kappa shape index (κ2) is 2.98. The lowest BCUT2D eigenvalue weighted by Gasteiger charge is -1.91.